The van der Waals surface area contributed by atoms with E-state index in [1.165, 1.54) is 6.07 Å². The highest BCUT2D eigenvalue weighted by atomic mass is 79.9. The largest absolute Gasteiger partial charge is 0.392 e. The molecule has 0 saturated carbocycles. The molecule has 1 rings (SSSR count). The van der Waals surface area contributed by atoms with Gasteiger partial charge in [0.2, 0.25) is 0 Å². The van der Waals surface area contributed by atoms with Gasteiger partial charge in [0.1, 0.15) is 5.82 Å². The van der Waals surface area contributed by atoms with Gasteiger partial charge in [0.25, 0.3) is 5.91 Å². The number of carbonyl (C=O) groups is 1. The van der Waals surface area contributed by atoms with Gasteiger partial charge in [-0.1, -0.05) is 15.9 Å². The predicted molar refractivity (Wildman–Crippen MR) is 48.5 cm³/mol. The molecule has 3 N–H and O–H groups in total. The second-order valence-corrected chi connectivity index (χ2v) is 3.36. The molecule has 0 aromatic heterocycles. The molecule has 5 heteroatoms. The first-order chi connectivity index (χ1) is 6.06. The molecule has 0 spiro atoms. The van der Waals surface area contributed by atoms with Crippen LogP contribution >= 0.6 is 15.9 Å². The van der Waals surface area contributed by atoms with Crippen LogP contribution in [0.1, 0.15) is 15.9 Å². The number of nitrogens with two attached hydrogens (primary N) is 1. The highest BCUT2D eigenvalue weighted by Gasteiger charge is 2.14. The molecule has 3 nitrogen and oxygen atoms in total. The minimum atomic E-state index is -0.881. The van der Waals surface area contributed by atoms with E-state index in [1.54, 1.807) is 0 Å². The minimum Gasteiger partial charge on any atom is -0.392 e. The van der Waals surface area contributed by atoms with Crippen molar-refractivity contribution in [1.29, 1.82) is 0 Å². The molecule has 0 fully saturated rings. The summed E-state index contributed by atoms with van der Waals surface area (Å²) in [5.41, 5.74) is 4.86. The van der Waals surface area contributed by atoms with Crippen LogP contribution in [0.4, 0.5) is 4.39 Å². The van der Waals surface area contributed by atoms with Crippen LogP contribution in [-0.2, 0) is 6.61 Å². The number of amides is 1. The number of halogens is 2. The number of carbonyl (C=O) groups excluding carboxylic acids is 1. The van der Waals surface area contributed by atoms with Gasteiger partial charge in [-0.2, -0.15) is 0 Å². The Hall–Kier alpha value is -0.940. The molecule has 0 atom stereocenters. The zero-order valence-corrected chi connectivity index (χ0v) is 8.14. The summed E-state index contributed by atoms with van der Waals surface area (Å²) < 4.78 is 13.6. The summed E-state index contributed by atoms with van der Waals surface area (Å²) in [5.74, 6) is -1.61. The Morgan fingerprint density at radius 1 is 1.62 bits per heavy atom. The maximum absolute atomic E-state index is 13.1. The molecule has 0 radical (unpaired) electrons. The maximum Gasteiger partial charge on any atom is 0.252 e. The molecular formula is C8H7BrFNO2. The number of hydrogen-bond acceptors (Lipinski definition) is 2. The summed E-state index contributed by atoms with van der Waals surface area (Å²) in [6, 6.07) is 2.57. The number of aliphatic hydroxyl groups excluding tert-OH is 1. The third-order valence-corrected chi connectivity index (χ3v) is 2.01. The predicted octanol–water partition coefficient (Wildman–Crippen LogP) is 1.18. The molecule has 0 heterocycles. The molecule has 1 aromatic rings. The number of hydrogen-bond donors (Lipinski definition) is 2. The summed E-state index contributed by atoms with van der Waals surface area (Å²) in [6.07, 6.45) is 0. The van der Waals surface area contributed by atoms with Crippen molar-refractivity contribution in [2.75, 3.05) is 0 Å². The van der Waals surface area contributed by atoms with E-state index >= 15 is 0 Å². The van der Waals surface area contributed by atoms with Crippen molar-refractivity contribution in [2.24, 2.45) is 5.73 Å². The van der Waals surface area contributed by atoms with E-state index in [4.69, 9.17) is 10.8 Å². The van der Waals surface area contributed by atoms with E-state index in [2.05, 4.69) is 15.9 Å². The minimum absolute atomic E-state index is 0.180. The Kier molecular flexibility index (Phi) is 3.00. The van der Waals surface area contributed by atoms with Crippen molar-refractivity contribution in [2.45, 2.75) is 6.61 Å². The van der Waals surface area contributed by atoms with Crippen molar-refractivity contribution < 1.29 is 14.3 Å². The monoisotopic (exact) mass is 247 g/mol. The summed E-state index contributed by atoms with van der Waals surface area (Å²) in [5, 5.41) is 8.82. The van der Waals surface area contributed by atoms with E-state index in [1.807, 2.05) is 0 Å². The Morgan fingerprint density at radius 3 is 2.69 bits per heavy atom. The van der Waals surface area contributed by atoms with Crippen molar-refractivity contribution in [3.8, 4) is 0 Å². The normalized spacial score (nSPS) is 10.1. The molecule has 1 aromatic carbocycles. The standard InChI is InChI=1S/C8H7BrFNO2/c9-5-1-4(3-12)7(8(11)13)6(10)2-5/h1-2,12H,3H2,(H2,11,13). The molecular weight excluding hydrogens is 241 g/mol. The van der Waals surface area contributed by atoms with Gasteiger partial charge in [-0.25, -0.2) is 4.39 Å². The van der Waals surface area contributed by atoms with Crippen LogP contribution in [0.2, 0.25) is 0 Å². The Balaban J connectivity index is 3.38. The smallest absolute Gasteiger partial charge is 0.252 e. The third-order valence-electron chi connectivity index (χ3n) is 1.55. The fourth-order valence-electron chi connectivity index (χ4n) is 1.03. The zero-order valence-electron chi connectivity index (χ0n) is 6.55. The van der Waals surface area contributed by atoms with Crippen LogP contribution in [0.15, 0.2) is 16.6 Å². The highest BCUT2D eigenvalue weighted by Crippen LogP contribution is 2.20. The lowest BCUT2D eigenvalue weighted by Crippen LogP contribution is -2.16. The van der Waals surface area contributed by atoms with Gasteiger partial charge < -0.3 is 10.8 Å². The number of primary amides is 1. The first-order valence-corrected chi connectivity index (χ1v) is 4.24. The van der Waals surface area contributed by atoms with Gasteiger partial charge in [-0.3, -0.25) is 4.79 Å². The van der Waals surface area contributed by atoms with E-state index in [9.17, 15) is 9.18 Å². The van der Waals surface area contributed by atoms with Crippen LogP contribution in [-0.4, -0.2) is 11.0 Å². The SMILES string of the molecule is NC(=O)c1c(F)cc(Br)cc1CO. The molecule has 13 heavy (non-hydrogen) atoms. The fraction of sp³-hybridized carbons (Fsp3) is 0.125. The van der Waals surface area contributed by atoms with E-state index in [0.29, 0.717) is 4.47 Å². The lowest BCUT2D eigenvalue weighted by Gasteiger charge is -2.05. The van der Waals surface area contributed by atoms with Gasteiger partial charge in [0.15, 0.2) is 0 Å². The average molecular weight is 248 g/mol. The molecule has 0 bridgehead atoms. The van der Waals surface area contributed by atoms with Crippen molar-refractivity contribution in [3.05, 3.63) is 33.5 Å². The van der Waals surface area contributed by atoms with Gasteiger partial charge in [0, 0.05) is 4.47 Å². The Labute approximate surface area is 82.5 Å². The Morgan fingerprint density at radius 2 is 2.23 bits per heavy atom. The van der Waals surface area contributed by atoms with Crippen molar-refractivity contribution in [3.63, 3.8) is 0 Å². The fourth-order valence-corrected chi connectivity index (χ4v) is 1.50. The maximum atomic E-state index is 13.1. The van der Waals surface area contributed by atoms with E-state index in [0.717, 1.165) is 6.07 Å². The quantitative estimate of drug-likeness (QED) is 0.825. The summed E-state index contributed by atoms with van der Waals surface area (Å²) in [4.78, 5) is 10.8. The number of aliphatic hydroxyl groups is 1. The van der Waals surface area contributed by atoms with Crippen molar-refractivity contribution in [1.82, 2.24) is 0 Å². The Bertz CT molecular complexity index is 354. The van der Waals surface area contributed by atoms with Crippen LogP contribution < -0.4 is 5.73 Å². The second kappa shape index (κ2) is 3.85. The first kappa shape index (κ1) is 10.1. The lowest BCUT2D eigenvalue weighted by molar-refractivity contribution is 0.0993. The zero-order chi connectivity index (χ0) is 10.0. The van der Waals surface area contributed by atoms with Gasteiger partial charge in [0.05, 0.1) is 12.2 Å². The third kappa shape index (κ3) is 2.05. The molecule has 0 unspecified atom stereocenters. The first-order valence-electron chi connectivity index (χ1n) is 3.45. The van der Waals surface area contributed by atoms with Gasteiger partial charge >= 0.3 is 0 Å². The molecule has 70 valence electrons. The summed E-state index contributed by atoms with van der Waals surface area (Å²) >= 11 is 3.03. The average Bonchev–Trinajstić information content (AvgIpc) is 2.01. The topological polar surface area (TPSA) is 63.3 Å². The highest BCUT2D eigenvalue weighted by molar-refractivity contribution is 9.10. The molecule has 0 aliphatic rings. The summed E-state index contributed by atoms with van der Waals surface area (Å²) in [7, 11) is 0. The summed E-state index contributed by atoms with van der Waals surface area (Å²) in [6.45, 7) is -0.422. The van der Waals surface area contributed by atoms with E-state index in [-0.39, 0.29) is 11.1 Å². The van der Waals surface area contributed by atoms with Crippen LogP contribution in [0, 0.1) is 5.82 Å². The number of benzene rings is 1. The lowest BCUT2D eigenvalue weighted by atomic mass is 10.1. The van der Waals surface area contributed by atoms with Crippen LogP contribution in [0.5, 0.6) is 0 Å². The van der Waals surface area contributed by atoms with Crippen molar-refractivity contribution >= 4 is 21.8 Å². The molecule has 0 aliphatic carbocycles. The van der Waals surface area contributed by atoms with Gasteiger partial charge in [-0.05, 0) is 17.7 Å². The molecule has 0 saturated heterocycles. The van der Waals surface area contributed by atoms with Crippen LogP contribution in [0.25, 0.3) is 0 Å². The molecule has 0 aliphatic heterocycles. The van der Waals surface area contributed by atoms with E-state index < -0.39 is 18.3 Å². The second-order valence-electron chi connectivity index (χ2n) is 2.44. The molecule has 1 amide bonds. The van der Waals surface area contributed by atoms with Crippen LogP contribution in [0.3, 0.4) is 0 Å². The van der Waals surface area contributed by atoms with Gasteiger partial charge in [-0.15, -0.1) is 0 Å². The number of rotatable bonds is 2.